The van der Waals surface area contributed by atoms with Crippen LogP contribution >= 0.6 is 11.3 Å². The molecule has 0 saturated heterocycles. The quantitative estimate of drug-likeness (QED) is 0.858. The standard InChI is InChI=1S/C16H29N3S/c1-5-12(6-2)19(10-11(3)4)16-18-15-13(17)8-7-9-14(15)20-16/h11-13H,5-10,17H2,1-4H3. The zero-order chi connectivity index (χ0) is 14.7. The number of aryl methyl sites for hydroxylation is 1. The van der Waals surface area contributed by atoms with Crippen molar-refractivity contribution in [2.75, 3.05) is 11.4 Å². The Hall–Kier alpha value is -0.610. The molecular formula is C16H29N3S. The van der Waals surface area contributed by atoms with Crippen molar-refractivity contribution in [2.45, 2.75) is 71.9 Å². The van der Waals surface area contributed by atoms with Crippen LogP contribution in [0.2, 0.25) is 0 Å². The molecule has 1 aliphatic carbocycles. The Balaban J connectivity index is 2.28. The zero-order valence-electron chi connectivity index (χ0n) is 13.4. The van der Waals surface area contributed by atoms with Gasteiger partial charge in [0, 0.05) is 23.5 Å². The number of nitrogens with two attached hydrogens (primary N) is 1. The SMILES string of the molecule is CCC(CC)N(CC(C)C)c1nc2c(s1)CCCC2N. The summed E-state index contributed by atoms with van der Waals surface area (Å²) in [6.07, 6.45) is 5.83. The van der Waals surface area contributed by atoms with Crippen LogP contribution in [0.25, 0.3) is 0 Å². The Morgan fingerprint density at radius 1 is 1.35 bits per heavy atom. The third-order valence-corrected chi connectivity index (χ3v) is 5.35. The van der Waals surface area contributed by atoms with E-state index in [0.29, 0.717) is 12.0 Å². The normalized spacial score (nSPS) is 18.6. The average Bonchev–Trinajstić information content (AvgIpc) is 2.84. The van der Waals surface area contributed by atoms with Crippen LogP contribution in [0.5, 0.6) is 0 Å². The zero-order valence-corrected chi connectivity index (χ0v) is 14.2. The maximum atomic E-state index is 6.23. The summed E-state index contributed by atoms with van der Waals surface area (Å²) in [5.41, 5.74) is 7.40. The van der Waals surface area contributed by atoms with E-state index in [1.165, 1.54) is 41.4 Å². The Morgan fingerprint density at radius 3 is 2.60 bits per heavy atom. The largest absolute Gasteiger partial charge is 0.345 e. The number of anilines is 1. The van der Waals surface area contributed by atoms with E-state index < -0.39 is 0 Å². The first-order chi connectivity index (χ1) is 9.56. The second kappa shape index (κ2) is 6.90. The van der Waals surface area contributed by atoms with Crippen LogP contribution in [0.1, 0.15) is 70.0 Å². The second-order valence-electron chi connectivity index (χ2n) is 6.32. The lowest BCUT2D eigenvalue weighted by atomic mass is 9.99. The minimum Gasteiger partial charge on any atom is -0.345 e. The molecule has 1 aromatic heterocycles. The molecule has 0 fully saturated rings. The van der Waals surface area contributed by atoms with E-state index >= 15 is 0 Å². The molecule has 0 bridgehead atoms. The van der Waals surface area contributed by atoms with E-state index in [-0.39, 0.29) is 6.04 Å². The van der Waals surface area contributed by atoms with Crippen molar-refractivity contribution >= 4 is 16.5 Å². The molecule has 1 aromatic rings. The van der Waals surface area contributed by atoms with E-state index in [0.717, 1.165) is 13.0 Å². The minimum atomic E-state index is 0.159. The number of thiazole rings is 1. The molecule has 0 aromatic carbocycles. The molecular weight excluding hydrogens is 266 g/mol. The summed E-state index contributed by atoms with van der Waals surface area (Å²) in [7, 11) is 0. The third-order valence-electron chi connectivity index (χ3n) is 4.18. The van der Waals surface area contributed by atoms with Crippen molar-refractivity contribution < 1.29 is 0 Å². The predicted molar refractivity (Wildman–Crippen MR) is 88.5 cm³/mol. The van der Waals surface area contributed by atoms with Gasteiger partial charge >= 0.3 is 0 Å². The number of aromatic nitrogens is 1. The number of hydrogen-bond acceptors (Lipinski definition) is 4. The van der Waals surface area contributed by atoms with Gasteiger partial charge < -0.3 is 10.6 Å². The Kier molecular flexibility index (Phi) is 5.44. The van der Waals surface area contributed by atoms with Gasteiger partial charge in [0.25, 0.3) is 0 Å². The number of hydrogen-bond donors (Lipinski definition) is 1. The van der Waals surface area contributed by atoms with Gasteiger partial charge in [-0.25, -0.2) is 4.98 Å². The molecule has 1 heterocycles. The molecule has 2 N–H and O–H groups in total. The van der Waals surface area contributed by atoms with Crippen LogP contribution in [-0.2, 0) is 6.42 Å². The van der Waals surface area contributed by atoms with Crippen LogP contribution in [0.4, 0.5) is 5.13 Å². The predicted octanol–water partition coefficient (Wildman–Crippen LogP) is 4.13. The number of nitrogens with zero attached hydrogens (tertiary/aromatic N) is 2. The summed E-state index contributed by atoms with van der Waals surface area (Å²) >= 11 is 1.88. The Bertz CT molecular complexity index is 423. The first kappa shape index (κ1) is 15.8. The third kappa shape index (κ3) is 3.34. The van der Waals surface area contributed by atoms with Crippen molar-refractivity contribution in [3.8, 4) is 0 Å². The second-order valence-corrected chi connectivity index (χ2v) is 7.38. The molecule has 0 saturated carbocycles. The molecule has 0 radical (unpaired) electrons. The van der Waals surface area contributed by atoms with Gasteiger partial charge in [0.2, 0.25) is 0 Å². The smallest absolute Gasteiger partial charge is 0.186 e. The topological polar surface area (TPSA) is 42.2 Å². The van der Waals surface area contributed by atoms with Crippen LogP contribution in [0.15, 0.2) is 0 Å². The van der Waals surface area contributed by atoms with Crippen LogP contribution in [0, 0.1) is 5.92 Å². The highest BCUT2D eigenvalue weighted by Gasteiger charge is 2.26. The molecule has 3 nitrogen and oxygen atoms in total. The molecule has 0 aliphatic heterocycles. The first-order valence-electron chi connectivity index (χ1n) is 8.08. The molecule has 1 atom stereocenters. The van der Waals surface area contributed by atoms with Gasteiger partial charge in [0.15, 0.2) is 5.13 Å². The fourth-order valence-corrected chi connectivity index (χ4v) is 4.32. The van der Waals surface area contributed by atoms with E-state index in [2.05, 4.69) is 32.6 Å². The van der Waals surface area contributed by atoms with Crippen molar-refractivity contribution in [1.29, 1.82) is 0 Å². The average molecular weight is 295 g/mol. The molecule has 114 valence electrons. The van der Waals surface area contributed by atoms with E-state index in [9.17, 15) is 0 Å². The lowest BCUT2D eigenvalue weighted by Gasteiger charge is -2.31. The maximum absolute atomic E-state index is 6.23. The van der Waals surface area contributed by atoms with Crippen LogP contribution in [0.3, 0.4) is 0 Å². The summed E-state index contributed by atoms with van der Waals surface area (Å²) in [6, 6.07) is 0.757. The molecule has 4 heteroatoms. The lowest BCUT2D eigenvalue weighted by molar-refractivity contribution is 0.504. The van der Waals surface area contributed by atoms with Crippen molar-refractivity contribution in [1.82, 2.24) is 4.98 Å². The van der Waals surface area contributed by atoms with Gasteiger partial charge in [-0.2, -0.15) is 0 Å². The highest BCUT2D eigenvalue weighted by atomic mass is 32.1. The van der Waals surface area contributed by atoms with Crippen molar-refractivity contribution in [2.24, 2.45) is 11.7 Å². The Labute approximate surface area is 127 Å². The van der Waals surface area contributed by atoms with Gasteiger partial charge in [-0.15, -0.1) is 11.3 Å². The summed E-state index contributed by atoms with van der Waals surface area (Å²) in [5.74, 6) is 0.658. The van der Waals surface area contributed by atoms with Crippen LogP contribution < -0.4 is 10.6 Å². The summed E-state index contributed by atoms with van der Waals surface area (Å²) in [5, 5.41) is 1.20. The van der Waals surface area contributed by atoms with E-state index in [4.69, 9.17) is 10.7 Å². The van der Waals surface area contributed by atoms with E-state index in [1.807, 2.05) is 11.3 Å². The van der Waals surface area contributed by atoms with E-state index in [1.54, 1.807) is 0 Å². The summed E-state index contributed by atoms with van der Waals surface area (Å²) in [4.78, 5) is 8.88. The summed E-state index contributed by atoms with van der Waals surface area (Å²) < 4.78 is 0. The number of rotatable bonds is 6. The minimum absolute atomic E-state index is 0.159. The monoisotopic (exact) mass is 295 g/mol. The fraction of sp³-hybridized carbons (Fsp3) is 0.812. The lowest BCUT2D eigenvalue weighted by Crippen LogP contribution is -2.37. The number of fused-ring (bicyclic) bond motifs is 1. The van der Waals surface area contributed by atoms with Crippen molar-refractivity contribution in [3.05, 3.63) is 10.6 Å². The molecule has 20 heavy (non-hydrogen) atoms. The first-order valence-corrected chi connectivity index (χ1v) is 8.90. The molecule has 1 aliphatic rings. The highest BCUT2D eigenvalue weighted by molar-refractivity contribution is 7.15. The van der Waals surface area contributed by atoms with Gasteiger partial charge in [0.1, 0.15) is 0 Å². The van der Waals surface area contributed by atoms with Gasteiger partial charge in [-0.05, 0) is 38.0 Å². The molecule has 2 rings (SSSR count). The van der Waals surface area contributed by atoms with Crippen molar-refractivity contribution in [3.63, 3.8) is 0 Å². The summed E-state index contributed by atoms with van der Waals surface area (Å²) in [6.45, 7) is 10.2. The molecule has 0 spiro atoms. The maximum Gasteiger partial charge on any atom is 0.186 e. The molecule has 1 unspecified atom stereocenters. The van der Waals surface area contributed by atoms with Gasteiger partial charge in [0.05, 0.1) is 5.69 Å². The highest BCUT2D eigenvalue weighted by Crippen LogP contribution is 2.37. The molecule has 0 amide bonds. The van der Waals surface area contributed by atoms with Gasteiger partial charge in [-0.1, -0.05) is 27.7 Å². The van der Waals surface area contributed by atoms with Crippen LogP contribution in [-0.4, -0.2) is 17.6 Å². The van der Waals surface area contributed by atoms with Gasteiger partial charge in [-0.3, -0.25) is 0 Å². The Morgan fingerprint density at radius 2 is 2.05 bits per heavy atom. The fourth-order valence-electron chi connectivity index (χ4n) is 3.07.